The van der Waals surface area contributed by atoms with Crippen LogP contribution in [0.15, 0.2) is 46.0 Å². The van der Waals surface area contributed by atoms with Crippen molar-refractivity contribution in [1.82, 2.24) is 14.9 Å². The summed E-state index contributed by atoms with van der Waals surface area (Å²) in [6, 6.07) is 10.9. The third kappa shape index (κ3) is 3.94. The van der Waals surface area contributed by atoms with Crippen molar-refractivity contribution < 1.29 is 9.53 Å². The molecule has 0 saturated carbocycles. The Labute approximate surface area is 196 Å². The third-order valence-corrected chi connectivity index (χ3v) is 7.03. The van der Waals surface area contributed by atoms with Gasteiger partial charge in [-0.05, 0) is 67.1 Å². The maximum Gasteiger partial charge on any atom is 0.328 e. The zero-order valence-corrected chi connectivity index (χ0v) is 19.1. The van der Waals surface area contributed by atoms with Gasteiger partial charge in [0.2, 0.25) is 5.91 Å². The Hall–Kier alpha value is -3.10. The molecule has 1 aliphatic heterocycles. The molecule has 1 aliphatic carbocycles. The van der Waals surface area contributed by atoms with E-state index in [1.165, 1.54) is 33.9 Å². The van der Waals surface area contributed by atoms with Crippen LogP contribution in [0.1, 0.15) is 40.2 Å². The lowest BCUT2D eigenvalue weighted by atomic mass is 9.73. The number of ether oxygens (including phenoxy) is 1. The average molecular weight is 471 g/mol. The monoisotopic (exact) mass is 470 g/mol. The van der Waals surface area contributed by atoms with Gasteiger partial charge in [-0.25, -0.2) is 4.79 Å². The molecule has 3 aromatic rings. The first-order chi connectivity index (χ1) is 15.5. The van der Waals surface area contributed by atoms with Gasteiger partial charge in [0.1, 0.15) is 5.75 Å². The highest BCUT2D eigenvalue weighted by molar-refractivity contribution is 5.96. The Morgan fingerprint density at radius 2 is 2.06 bits per heavy atom. The molecule has 9 heteroatoms. The molecule has 3 atom stereocenters. The lowest BCUT2D eigenvalue weighted by Crippen LogP contribution is -2.38. The molecule has 1 aromatic heterocycles. The number of nitrogens with one attached hydrogen (secondary N) is 2. The summed E-state index contributed by atoms with van der Waals surface area (Å²) in [7, 11) is 1.71. The highest BCUT2D eigenvalue weighted by atomic mass is 35.5. The number of aromatic amines is 1. The quantitative estimate of drug-likeness (QED) is 0.526. The summed E-state index contributed by atoms with van der Waals surface area (Å²) in [4.78, 5) is 39.8. The molecule has 5 rings (SSSR count). The first-order valence-electron chi connectivity index (χ1n) is 10.9. The number of aromatic nitrogens is 2. The van der Waals surface area contributed by atoms with Crippen LogP contribution in [-0.2, 0) is 13.0 Å². The number of carbonyl (C=O) groups excluding carboxylic acids is 1. The average Bonchev–Trinajstić information content (AvgIpc) is 3.21. The number of nitrogens with two attached hydrogens (primary N) is 1. The lowest BCUT2D eigenvalue weighted by molar-refractivity contribution is 0.100. The number of benzene rings is 2. The summed E-state index contributed by atoms with van der Waals surface area (Å²) in [5.74, 6) is 1.20. The maximum absolute atomic E-state index is 13.0. The molecule has 0 spiro atoms. The van der Waals surface area contributed by atoms with E-state index in [4.69, 9.17) is 10.5 Å². The number of primary amides is 1. The van der Waals surface area contributed by atoms with Crippen LogP contribution in [0.2, 0.25) is 0 Å². The molecule has 2 aliphatic rings. The summed E-state index contributed by atoms with van der Waals surface area (Å²) in [5, 5.41) is 3.98. The van der Waals surface area contributed by atoms with Gasteiger partial charge >= 0.3 is 5.69 Å². The van der Waals surface area contributed by atoms with E-state index in [0.29, 0.717) is 35.7 Å². The molecule has 1 saturated heterocycles. The summed E-state index contributed by atoms with van der Waals surface area (Å²) in [6.07, 6.45) is 2.76. The fourth-order valence-electron chi connectivity index (χ4n) is 5.48. The largest absolute Gasteiger partial charge is 0.496 e. The van der Waals surface area contributed by atoms with E-state index < -0.39 is 11.6 Å². The van der Waals surface area contributed by atoms with Gasteiger partial charge in [0.25, 0.3) is 5.56 Å². The second-order valence-electron chi connectivity index (χ2n) is 8.67. The van der Waals surface area contributed by atoms with Crippen molar-refractivity contribution in [1.29, 1.82) is 0 Å². The number of methoxy groups -OCH3 is 1. The van der Waals surface area contributed by atoms with Crippen LogP contribution in [-0.4, -0.2) is 35.2 Å². The Bertz CT molecular complexity index is 1330. The van der Waals surface area contributed by atoms with Crippen molar-refractivity contribution >= 4 is 29.2 Å². The van der Waals surface area contributed by atoms with Crippen molar-refractivity contribution in [2.24, 2.45) is 11.7 Å². The van der Waals surface area contributed by atoms with Crippen LogP contribution in [0.3, 0.4) is 0 Å². The lowest BCUT2D eigenvalue weighted by Gasteiger charge is -2.32. The summed E-state index contributed by atoms with van der Waals surface area (Å²) in [5.41, 5.74) is 7.62. The van der Waals surface area contributed by atoms with Crippen molar-refractivity contribution in [2.75, 3.05) is 13.7 Å². The van der Waals surface area contributed by atoms with Crippen molar-refractivity contribution in [3.05, 3.63) is 73.9 Å². The minimum Gasteiger partial charge on any atom is -0.496 e. The predicted molar refractivity (Wildman–Crippen MR) is 129 cm³/mol. The zero-order valence-electron chi connectivity index (χ0n) is 18.3. The van der Waals surface area contributed by atoms with E-state index >= 15 is 0 Å². The zero-order chi connectivity index (χ0) is 22.4. The molecule has 0 radical (unpaired) electrons. The van der Waals surface area contributed by atoms with Gasteiger partial charge < -0.3 is 20.8 Å². The molecule has 2 aromatic carbocycles. The van der Waals surface area contributed by atoms with E-state index in [-0.39, 0.29) is 29.6 Å². The molecule has 1 amide bonds. The summed E-state index contributed by atoms with van der Waals surface area (Å²) >= 11 is 0. The predicted octanol–water partition coefficient (Wildman–Crippen LogP) is 1.93. The minimum atomic E-state index is -0.608. The van der Waals surface area contributed by atoms with E-state index in [0.717, 1.165) is 25.1 Å². The van der Waals surface area contributed by atoms with Gasteiger partial charge in [-0.3, -0.25) is 14.2 Å². The topological polar surface area (TPSA) is 119 Å². The van der Waals surface area contributed by atoms with Crippen LogP contribution >= 0.6 is 12.4 Å². The van der Waals surface area contributed by atoms with Crippen LogP contribution in [0.5, 0.6) is 5.75 Å². The molecular weight excluding hydrogens is 444 g/mol. The van der Waals surface area contributed by atoms with Crippen LogP contribution < -0.4 is 27.0 Å². The fraction of sp³-hybridized carbons (Fsp3) is 0.375. The van der Waals surface area contributed by atoms with E-state index in [9.17, 15) is 14.4 Å². The first kappa shape index (κ1) is 23.1. The highest BCUT2D eigenvalue weighted by Gasteiger charge is 2.40. The summed E-state index contributed by atoms with van der Waals surface area (Å²) in [6.45, 7) is 1.24. The van der Waals surface area contributed by atoms with Gasteiger partial charge in [-0.1, -0.05) is 12.1 Å². The SMILES string of the molecule is COc1cccc2c1CC[C@H]1CNC(CCn3c(=O)[nH]c4cc(C(N)=O)ccc4c3=O)[C@@H]21.Cl. The Morgan fingerprint density at radius 3 is 2.82 bits per heavy atom. The van der Waals surface area contributed by atoms with Crippen molar-refractivity contribution in [3.8, 4) is 5.75 Å². The fourth-order valence-corrected chi connectivity index (χ4v) is 5.48. The molecule has 2 heterocycles. The van der Waals surface area contributed by atoms with Crippen LogP contribution in [0.25, 0.3) is 10.9 Å². The van der Waals surface area contributed by atoms with E-state index in [2.05, 4.69) is 16.4 Å². The van der Waals surface area contributed by atoms with Gasteiger partial charge in [0, 0.05) is 24.1 Å². The second kappa shape index (κ2) is 9.03. The maximum atomic E-state index is 13.0. The molecule has 1 unspecified atom stereocenters. The van der Waals surface area contributed by atoms with Gasteiger partial charge in [0.15, 0.2) is 0 Å². The smallest absolute Gasteiger partial charge is 0.328 e. The second-order valence-corrected chi connectivity index (χ2v) is 8.67. The molecule has 8 nitrogen and oxygen atoms in total. The van der Waals surface area contributed by atoms with Crippen LogP contribution in [0, 0.1) is 5.92 Å². The molecule has 0 bridgehead atoms. The molecule has 174 valence electrons. The Balaban J connectivity index is 0.00000259. The van der Waals surface area contributed by atoms with Gasteiger partial charge in [-0.2, -0.15) is 0 Å². The van der Waals surface area contributed by atoms with Gasteiger partial charge in [-0.15, -0.1) is 12.4 Å². The Morgan fingerprint density at radius 1 is 1.24 bits per heavy atom. The number of carbonyl (C=O) groups is 1. The number of halogens is 1. The number of rotatable bonds is 5. The highest BCUT2D eigenvalue weighted by Crippen LogP contribution is 2.45. The molecular formula is C24H27ClN4O4. The van der Waals surface area contributed by atoms with E-state index in [1.54, 1.807) is 7.11 Å². The van der Waals surface area contributed by atoms with Crippen molar-refractivity contribution in [2.45, 2.75) is 37.8 Å². The third-order valence-electron chi connectivity index (χ3n) is 7.03. The standard InChI is InChI=1S/C24H26N4O4.ClH/c1-32-20-4-2-3-16-15(20)7-6-14-12-26-18(21(14)16)9-10-28-23(30)17-8-5-13(22(25)29)11-19(17)27-24(28)31;/h2-5,8,11,14,18,21,26H,6-7,9-10,12H2,1H3,(H2,25,29)(H,27,31);1H/t14-,18?,21+;/m0./s1. The number of nitrogens with zero attached hydrogens (tertiary/aromatic N) is 1. The molecule has 4 N–H and O–H groups in total. The number of hydrogen-bond acceptors (Lipinski definition) is 5. The Kier molecular flexibility index (Phi) is 6.32. The van der Waals surface area contributed by atoms with Gasteiger partial charge in [0.05, 0.1) is 18.0 Å². The van der Waals surface area contributed by atoms with E-state index in [1.807, 2.05) is 12.1 Å². The number of H-pyrrole nitrogens is 1. The molecule has 1 fully saturated rings. The first-order valence-corrected chi connectivity index (χ1v) is 10.9. The minimum absolute atomic E-state index is 0. The normalized spacial score (nSPS) is 21.2. The molecule has 33 heavy (non-hydrogen) atoms. The number of amides is 1. The van der Waals surface area contributed by atoms with Crippen molar-refractivity contribution in [3.63, 3.8) is 0 Å². The number of hydrogen-bond donors (Lipinski definition) is 3. The number of fused-ring (bicyclic) bond motifs is 4. The summed E-state index contributed by atoms with van der Waals surface area (Å²) < 4.78 is 6.83. The van der Waals surface area contributed by atoms with Crippen LogP contribution in [0.4, 0.5) is 0 Å².